The fourth-order valence-electron chi connectivity index (χ4n) is 3.03. The van der Waals surface area contributed by atoms with Gasteiger partial charge in [-0.05, 0) is 36.9 Å². The summed E-state index contributed by atoms with van der Waals surface area (Å²) in [6.45, 7) is 4.72. The molecule has 0 radical (unpaired) electrons. The Morgan fingerprint density at radius 3 is 2.84 bits per heavy atom. The van der Waals surface area contributed by atoms with Gasteiger partial charge in [0.25, 0.3) is 0 Å². The van der Waals surface area contributed by atoms with Crippen molar-refractivity contribution in [2.45, 2.75) is 32.4 Å². The monoisotopic (exact) mass is 261 g/mol. The summed E-state index contributed by atoms with van der Waals surface area (Å²) in [6, 6.07) is 7.97. The summed E-state index contributed by atoms with van der Waals surface area (Å²) in [6.07, 6.45) is 2.42. The third-order valence-electron chi connectivity index (χ3n) is 4.13. The second-order valence-electron chi connectivity index (χ2n) is 5.41. The molecule has 1 amide bonds. The van der Waals surface area contributed by atoms with Gasteiger partial charge in [-0.3, -0.25) is 9.69 Å². The summed E-state index contributed by atoms with van der Waals surface area (Å²) >= 11 is 0. The molecule has 1 aromatic carbocycles. The van der Waals surface area contributed by atoms with Crippen molar-refractivity contribution in [3.63, 3.8) is 0 Å². The smallest absolute Gasteiger partial charge is 0.249 e. The van der Waals surface area contributed by atoms with Crippen LogP contribution >= 0.6 is 0 Å². The molecule has 1 aliphatic heterocycles. The first-order valence-electron chi connectivity index (χ1n) is 6.95. The number of rotatable bonds is 4. The van der Waals surface area contributed by atoms with Crippen molar-refractivity contribution in [1.29, 1.82) is 0 Å². The van der Waals surface area contributed by atoms with Crippen LogP contribution in [-0.4, -0.2) is 29.9 Å². The Labute approximate surface area is 114 Å². The van der Waals surface area contributed by atoms with Crippen LogP contribution in [0, 0.1) is 5.92 Å². The predicted molar refractivity (Wildman–Crippen MR) is 76.6 cm³/mol. The van der Waals surface area contributed by atoms with Crippen LogP contribution in [0.15, 0.2) is 24.3 Å². The number of nitrogens with two attached hydrogens (primary N) is 2. The van der Waals surface area contributed by atoms with Gasteiger partial charge in [-0.2, -0.15) is 0 Å². The number of carbonyl (C=O) groups is 1. The minimum absolute atomic E-state index is 0.357. The van der Waals surface area contributed by atoms with E-state index in [9.17, 15) is 4.79 Å². The van der Waals surface area contributed by atoms with E-state index < -0.39 is 0 Å². The third kappa shape index (κ3) is 3.14. The van der Waals surface area contributed by atoms with E-state index >= 15 is 0 Å². The van der Waals surface area contributed by atoms with E-state index in [0.717, 1.165) is 18.7 Å². The molecule has 0 aromatic heterocycles. The summed E-state index contributed by atoms with van der Waals surface area (Å²) in [5.41, 5.74) is 13.0. The number of amides is 1. The van der Waals surface area contributed by atoms with Gasteiger partial charge in [-0.15, -0.1) is 0 Å². The van der Waals surface area contributed by atoms with Crippen molar-refractivity contribution in [3.8, 4) is 0 Å². The highest BCUT2D eigenvalue weighted by Crippen LogP contribution is 2.25. The maximum absolute atomic E-state index is 11.5. The Morgan fingerprint density at radius 2 is 2.16 bits per heavy atom. The molecule has 1 saturated heterocycles. The number of piperidine rings is 1. The van der Waals surface area contributed by atoms with E-state index in [-0.39, 0.29) is 5.91 Å². The average Bonchev–Trinajstić information content (AvgIpc) is 2.39. The van der Waals surface area contributed by atoms with Crippen LogP contribution in [0.5, 0.6) is 0 Å². The molecule has 4 nitrogen and oxygen atoms in total. The number of hydrogen-bond acceptors (Lipinski definition) is 3. The number of benzene rings is 1. The second-order valence-corrected chi connectivity index (χ2v) is 5.41. The third-order valence-corrected chi connectivity index (χ3v) is 4.13. The van der Waals surface area contributed by atoms with Gasteiger partial charge in [0.2, 0.25) is 5.91 Å². The summed E-state index contributed by atoms with van der Waals surface area (Å²) in [7, 11) is 0. The highest BCUT2D eigenvalue weighted by molar-refractivity contribution is 5.94. The van der Waals surface area contributed by atoms with E-state index in [1.54, 1.807) is 6.07 Å². The topological polar surface area (TPSA) is 72.3 Å². The number of hydrogen-bond donors (Lipinski definition) is 2. The molecule has 1 fully saturated rings. The Morgan fingerprint density at radius 1 is 1.42 bits per heavy atom. The Hall–Kier alpha value is -1.39. The Kier molecular flexibility index (Phi) is 4.56. The van der Waals surface area contributed by atoms with Gasteiger partial charge in [0.1, 0.15) is 0 Å². The lowest BCUT2D eigenvalue weighted by Gasteiger charge is -2.39. The van der Waals surface area contributed by atoms with Gasteiger partial charge in [0, 0.05) is 24.7 Å². The lowest BCUT2D eigenvalue weighted by atomic mass is 9.90. The van der Waals surface area contributed by atoms with E-state index in [1.807, 2.05) is 18.2 Å². The molecule has 0 spiro atoms. The van der Waals surface area contributed by atoms with Crippen LogP contribution in [-0.2, 0) is 6.54 Å². The van der Waals surface area contributed by atoms with Crippen molar-refractivity contribution in [2.24, 2.45) is 17.4 Å². The minimum Gasteiger partial charge on any atom is -0.366 e. The largest absolute Gasteiger partial charge is 0.366 e. The molecule has 2 atom stereocenters. The van der Waals surface area contributed by atoms with Crippen molar-refractivity contribution >= 4 is 5.91 Å². The summed E-state index contributed by atoms with van der Waals surface area (Å²) in [5.74, 6) is 0.254. The van der Waals surface area contributed by atoms with Gasteiger partial charge >= 0.3 is 0 Å². The molecular weight excluding hydrogens is 238 g/mol. The normalized spacial score (nSPS) is 24.3. The Balaban J connectivity index is 2.18. The van der Waals surface area contributed by atoms with Crippen LogP contribution in [0.4, 0.5) is 0 Å². The molecule has 4 N–H and O–H groups in total. The molecule has 2 rings (SSSR count). The number of likely N-dealkylation sites (tertiary alicyclic amines) is 1. The van der Waals surface area contributed by atoms with Gasteiger partial charge in [0.05, 0.1) is 0 Å². The summed E-state index contributed by atoms with van der Waals surface area (Å²) in [4.78, 5) is 13.8. The van der Waals surface area contributed by atoms with Crippen molar-refractivity contribution < 1.29 is 4.79 Å². The highest BCUT2D eigenvalue weighted by atomic mass is 16.1. The fourth-order valence-corrected chi connectivity index (χ4v) is 3.03. The molecule has 0 saturated carbocycles. The zero-order valence-corrected chi connectivity index (χ0v) is 11.5. The maximum atomic E-state index is 11.5. The molecule has 2 unspecified atom stereocenters. The van der Waals surface area contributed by atoms with E-state index in [0.29, 0.717) is 24.1 Å². The predicted octanol–water partition coefficient (Wildman–Crippen LogP) is 1.34. The van der Waals surface area contributed by atoms with E-state index in [1.165, 1.54) is 12.8 Å². The van der Waals surface area contributed by atoms with Crippen LogP contribution in [0.1, 0.15) is 35.7 Å². The molecule has 1 heterocycles. The zero-order chi connectivity index (χ0) is 13.8. The van der Waals surface area contributed by atoms with Gasteiger partial charge < -0.3 is 11.5 Å². The second kappa shape index (κ2) is 6.17. The van der Waals surface area contributed by atoms with Gasteiger partial charge in [0.15, 0.2) is 0 Å². The first-order chi connectivity index (χ1) is 9.13. The molecule has 4 heteroatoms. The average molecular weight is 261 g/mol. The lowest BCUT2D eigenvalue weighted by molar-refractivity contribution is 0.0954. The molecular formula is C15H23N3O. The van der Waals surface area contributed by atoms with Crippen LogP contribution in [0.2, 0.25) is 0 Å². The first kappa shape index (κ1) is 14.0. The lowest BCUT2D eigenvalue weighted by Crippen LogP contribution is -2.48. The van der Waals surface area contributed by atoms with Gasteiger partial charge in [-0.1, -0.05) is 25.1 Å². The van der Waals surface area contributed by atoms with Crippen LogP contribution < -0.4 is 11.5 Å². The van der Waals surface area contributed by atoms with Crippen LogP contribution in [0.25, 0.3) is 0 Å². The quantitative estimate of drug-likeness (QED) is 0.859. The molecule has 1 aliphatic rings. The fraction of sp³-hybridized carbons (Fsp3) is 0.533. The minimum atomic E-state index is -0.357. The zero-order valence-electron chi connectivity index (χ0n) is 11.5. The van der Waals surface area contributed by atoms with Crippen molar-refractivity contribution in [1.82, 2.24) is 4.90 Å². The molecule has 0 aliphatic carbocycles. The van der Waals surface area contributed by atoms with Crippen LogP contribution in [0.3, 0.4) is 0 Å². The number of nitrogens with zero attached hydrogens (tertiary/aromatic N) is 1. The molecule has 19 heavy (non-hydrogen) atoms. The standard InChI is InChI=1S/C15H23N3O/c1-11-5-4-8-18(14(11)9-16)10-12-6-2-3-7-13(12)15(17)19/h2-3,6-7,11,14H,4-5,8-10,16H2,1H3,(H2,17,19). The highest BCUT2D eigenvalue weighted by Gasteiger charge is 2.27. The van der Waals surface area contributed by atoms with Crippen molar-refractivity contribution in [3.05, 3.63) is 35.4 Å². The molecule has 0 bridgehead atoms. The van der Waals surface area contributed by atoms with E-state index in [2.05, 4.69) is 11.8 Å². The maximum Gasteiger partial charge on any atom is 0.249 e. The van der Waals surface area contributed by atoms with E-state index in [4.69, 9.17) is 11.5 Å². The van der Waals surface area contributed by atoms with Crippen molar-refractivity contribution in [2.75, 3.05) is 13.1 Å². The SMILES string of the molecule is CC1CCCN(Cc2ccccc2C(N)=O)C1CN. The number of primary amides is 1. The summed E-state index contributed by atoms with van der Waals surface area (Å²) in [5, 5.41) is 0. The Bertz CT molecular complexity index is 447. The first-order valence-corrected chi connectivity index (χ1v) is 6.95. The molecule has 104 valence electrons. The number of carbonyl (C=O) groups excluding carboxylic acids is 1. The van der Waals surface area contributed by atoms with Gasteiger partial charge in [-0.25, -0.2) is 0 Å². The molecule has 1 aromatic rings. The summed E-state index contributed by atoms with van der Waals surface area (Å²) < 4.78 is 0.